The lowest BCUT2D eigenvalue weighted by Gasteiger charge is -2.24. The van der Waals surface area contributed by atoms with Gasteiger partial charge in [0.25, 0.3) is 5.19 Å². The minimum Gasteiger partial charge on any atom is -0.480 e. The van der Waals surface area contributed by atoms with Gasteiger partial charge in [-0.2, -0.15) is 18.2 Å². The molecule has 2 atom stereocenters. The number of aromatic nitrogens is 1. The van der Waals surface area contributed by atoms with Crippen LogP contribution in [0.5, 0.6) is 10.9 Å². The molecule has 3 N–H and O–H groups in total. The van der Waals surface area contributed by atoms with Crippen molar-refractivity contribution in [2.24, 2.45) is 11.7 Å². The van der Waals surface area contributed by atoms with Crippen LogP contribution in [0.4, 0.5) is 13.2 Å². The number of hydrogen-bond donors (Lipinski definition) is 2. The summed E-state index contributed by atoms with van der Waals surface area (Å²) in [4.78, 5) is 24.8. The van der Waals surface area contributed by atoms with Gasteiger partial charge in [0.15, 0.2) is 16.3 Å². The summed E-state index contributed by atoms with van der Waals surface area (Å²) in [6, 6.07) is 5.51. The van der Waals surface area contributed by atoms with Gasteiger partial charge in [-0.1, -0.05) is 55.0 Å². The molecule has 0 aliphatic carbocycles. The Morgan fingerprint density at radius 3 is 2.11 bits per heavy atom. The Bertz CT molecular complexity index is 984. The average Bonchev–Trinajstić information content (AvgIpc) is 3.17. The first-order valence-corrected chi connectivity index (χ1v) is 11.1. The topological polar surface area (TPSA) is 130 Å². The third kappa shape index (κ3) is 8.61. The third-order valence-corrected chi connectivity index (χ3v) is 5.83. The number of alkyl halides is 3. The minimum atomic E-state index is -4.65. The predicted octanol–water partition coefficient (Wildman–Crippen LogP) is 4.54. The van der Waals surface area contributed by atoms with Crippen LogP contribution in [0.3, 0.4) is 0 Å². The number of hydrogen-bond acceptors (Lipinski definition) is 9. The van der Waals surface area contributed by atoms with Gasteiger partial charge < -0.3 is 29.8 Å². The molecule has 1 aromatic carbocycles. The second-order valence-corrected chi connectivity index (χ2v) is 8.51. The summed E-state index contributed by atoms with van der Waals surface area (Å²) in [5.41, 5.74) is 5.45. The van der Waals surface area contributed by atoms with Crippen molar-refractivity contribution in [1.82, 2.24) is 4.98 Å². The van der Waals surface area contributed by atoms with E-state index in [2.05, 4.69) is 4.98 Å². The molecular formula is C21H26ClF3N2O7S. The van der Waals surface area contributed by atoms with Crippen molar-refractivity contribution in [3.05, 3.63) is 39.9 Å². The predicted molar refractivity (Wildman–Crippen MR) is 122 cm³/mol. The summed E-state index contributed by atoms with van der Waals surface area (Å²) < 4.78 is 59.3. The lowest BCUT2D eigenvalue weighted by Crippen LogP contribution is -2.34. The maximum Gasteiger partial charge on any atom is 0.428 e. The van der Waals surface area contributed by atoms with Gasteiger partial charge in [0.2, 0.25) is 0 Å². The van der Waals surface area contributed by atoms with E-state index in [1.165, 1.54) is 27.4 Å². The lowest BCUT2D eigenvalue weighted by atomic mass is 9.97. The largest absolute Gasteiger partial charge is 0.480 e. The number of ether oxygens (including phenoxy) is 4. The molecule has 0 aliphatic heterocycles. The van der Waals surface area contributed by atoms with Gasteiger partial charge in [0.05, 0.1) is 7.11 Å². The number of methoxy groups -OCH3 is 3. The number of rotatable bonds is 9. The summed E-state index contributed by atoms with van der Waals surface area (Å²) >= 11 is 5.80. The second-order valence-electron chi connectivity index (χ2n) is 7.19. The number of nitrogens with zero attached hydrogens (tertiary/aromatic N) is 1. The first-order chi connectivity index (χ1) is 16.3. The van der Waals surface area contributed by atoms with Crippen LogP contribution in [0.2, 0.25) is 5.15 Å². The Hall–Kier alpha value is -2.45. The highest BCUT2D eigenvalue weighted by Gasteiger charge is 2.38. The molecule has 196 valence electrons. The van der Waals surface area contributed by atoms with Crippen LogP contribution in [0, 0.1) is 5.92 Å². The van der Waals surface area contributed by atoms with Crippen LogP contribution < -0.4 is 10.5 Å². The van der Waals surface area contributed by atoms with Gasteiger partial charge in [-0.25, -0.2) is 0 Å². The molecule has 0 aliphatic rings. The molecule has 1 unspecified atom stereocenters. The standard InChI is InChI=1S/C16H15ClF3NO5S.C5H11NO2/c1-23-13(22)10(14(24-2)25-3)8-6-4-5-7-9(8)26-15-21-12(17)11(27-15)16(18,19)20;1-3(2)4(6)5(7)8/h4-7,10,14H,1-3H3;3-4H,6H2,1-2H3,(H,7,8)/t;4-/m.0/s1. The molecule has 0 bridgehead atoms. The number of carbonyl (C=O) groups is 2. The molecular weight excluding hydrogens is 517 g/mol. The molecule has 0 amide bonds. The molecule has 2 rings (SSSR count). The first kappa shape index (κ1) is 30.6. The highest BCUT2D eigenvalue weighted by Crippen LogP contribution is 2.43. The molecule has 2 aromatic rings. The number of carboxylic acids is 1. The summed E-state index contributed by atoms with van der Waals surface area (Å²) in [5.74, 6) is -2.54. The maximum atomic E-state index is 12.9. The third-order valence-electron chi connectivity index (χ3n) is 4.47. The summed E-state index contributed by atoms with van der Waals surface area (Å²) in [6.07, 6.45) is -5.66. The summed E-state index contributed by atoms with van der Waals surface area (Å²) in [6.45, 7) is 3.55. The molecule has 35 heavy (non-hydrogen) atoms. The zero-order valence-electron chi connectivity index (χ0n) is 19.5. The Kier molecular flexibility index (Phi) is 11.9. The number of halogens is 4. The molecule has 0 spiro atoms. The van der Waals surface area contributed by atoms with Crippen LogP contribution >= 0.6 is 22.9 Å². The van der Waals surface area contributed by atoms with E-state index in [0.29, 0.717) is 0 Å². The molecule has 1 heterocycles. The Morgan fingerprint density at radius 1 is 1.14 bits per heavy atom. The fourth-order valence-corrected chi connectivity index (χ4v) is 3.63. The fraction of sp³-hybridized carbons (Fsp3) is 0.476. The molecule has 0 fully saturated rings. The number of aliphatic carboxylic acids is 1. The molecule has 9 nitrogen and oxygen atoms in total. The normalized spacial score (nSPS) is 13.1. The smallest absolute Gasteiger partial charge is 0.428 e. The number of nitrogens with two attached hydrogens (primary N) is 1. The number of para-hydroxylation sites is 1. The van der Waals surface area contributed by atoms with E-state index >= 15 is 0 Å². The van der Waals surface area contributed by atoms with E-state index in [4.69, 9.17) is 41.4 Å². The Labute approximate surface area is 208 Å². The molecule has 14 heteroatoms. The molecule has 0 saturated heterocycles. The van der Waals surface area contributed by atoms with Crippen LogP contribution in [-0.4, -0.2) is 55.7 Å². The molecule has 0 radical (unpaired) electrons. The number of carbonyl (C=O) groups excluding carboxylic acids is 1. The van der Waals surface area contributed by atoms with Crippen LogP contribution in [0.15, 0.2) is 24.3 Å². The fourth-order valence-electron chi connectivity index (χ4n) is 2.59. The summed E-state index contributed by atoms with van der Waals surface area (Å²) in [7, 11) is 3.87. The van der Waals surface area contributed by atoms with Crippen molar-refractivity contribution < 1.29 is 46.8 Å². The summed E-state index contributed by atoms with van der Waals surface area (Å²) in [5, 5.41) is 7.19. The van der Waals surface area contributed by atoms with E-state index in [9.17, 15) is 22.8 Å². The van der Waals surface area contributed by atoms with Gasteiger partial charge in [0, 0.05) is 19.8 Å². The van der Waals surface area contributed by atoms with E-state index in [1.54, 1.807) is 32.0 Å². The number of carboxylic acid groups (broad SMARTS) is 1. The highest BCUT2D eigenvalue weighted by molar-refractivity contribution is 7.14. The molecule has 0 saturated carbocycles. The average molecular weight is 543 g/mol. The number of benzene rings is 1. The lowest BCUT2D eigenvalue weighted by molar-refractivity contribution is -0.163. The van der Waals surface area contributed by atoms with Gasteiger partial charge in [-0.15, -0.1) is 0 Å². The minimum absolute atomic E-state index is 0.0208. The van der Waals surface area contributed by atoms with Crippen molar-refractivity contribution in [3.8, 4) is 10.9 Å². The highest BCUT2D eigenvalue weighted by atomic mass is 35.5. The van der Waals surface area contributed by atoms with Crippen molar-refractivity contribution in [1.29, 1.82) is 0 Å². The second kappa shape index (κ2) is 13.6. The van der Waals surface area contributed by atoms with E-state index < -0.39 is 46.4 Å². The van der Waals surface area contributed by atoms with Crippen LogP contribution in [0.1, 0.15) is 30.2 Å². The van der Waals surface area contributed by atoms with Crippen molar-refractivity contribution in [2.45, 2.75) is 38.3 Å². The van der Waals surface area contributed by atoms with Crippen LogP contribution in [0.25, 0.3) is 0 Å². The zero-order chi connectivity index (χ0) is 26.9. The van der Waals surface area contributed by atoms with E-state index in [0.717, 1.165) is 0 Å². The quantitative estimate of drug-likeness (QED) is 0.346. The van der Waals surface area contributed by atoms with Gasteiger partial charge >= 0.3 is 18.1 Å². The maximum absolute atomic E-state index is 12.9. The van der Waals surface area contributed by atoms with Gasteiger partial charge in [-0.05, 0) is 12.0 Å². The van der Waals surface area contributed by atoms with Gasteiger partial charge in [-0.3, -0.25) is 9.59 Å². The zero-order valence-corrected chi connectivity index (χ0v) is 21.0. The van der Waals surface area contributed by atoms with Crippen molar-refractivity contribution >= 4 is 34.9 Å². The van der Waals surface area contributed by atoms with E-state index in [-0.39, 0.29) is 33.8 Å². The number of thiazole rings is 1. The first-order valence-electron chi connectivity index (χ1n) is 9.90. The molecule has 1 aromatic heterocycles. The Balaban J connectivity index is 0.000000658. The number of esters is 1. The SMILES string of the molecule is CC(C)[C@H](N)C(=O)O.COC(=O)C(c1ccccc1Oc1nc(Cl)c(C(F)(F)F)s1)C(OC)OC. The Morgan fingerprint density at radius 2 is 1.71 bits per heavy atom. The van der Waals surface area contributed by atoms with Crippen LogP contribution in [-0.2, 0) is 30.0 Å². The van der Waals surface area contributed by atoms with Crippen molar-refractivity contribution in [2.75, 3.05) is 21.3 Å². The monoisotopic (exact) mass is 542 g/mol. The van der Waals surface area contributed by atoms with E-state index in [1.807, 2.05) is 0 Å². The van der Waals surface area contributed by atoms with Gasteiger partial charge in [0.1, 0.15) is 17.7 Å². The van der Waals surface area contributed by atoms with Crippen molar-refractivity contribution in [3.63, 3.8) is 0 Å².